The van der Waals surface area contributed by atoms with Gasteiger partial charge in [-0.1, -0.05) is 18.2 Å². The van der Waals surface area contributed by atoms with Crippen LogP contribution in [-0.2, 0) is 24.4 Å². The summed E-state index contributed by atoms with van der Waals surface area (Å²) in [6, 6.07) is 10.8. The van der Waals surface area contributed by atoms with E-state index in [4.69, 9.17) is 9.84 Å². The highest BCUT2D eigenvalue weighted by Crippen LogP contribution is 2.31. The Hall–Kier alpha value is -3.03. The first-order valence-corrected chi connectivity index (χ1v) is 10.2. The lowest BCUT2D eigenvalue weighted by atomic mass is 9.87. The summed E-state index contributed by atoms with van der Waals surface area (Å²) in [6.45, 7) is 0. The number of nitrogens with zero attached hydrogens (tertiary/aromatic N) is 2. The van der Waals surface area contributed by atoms with Crippen LogP contribution in [0, 0.1) is 5.92 Å². The highest BCUT2D eigenvalue weighted by molar-refractivity contribution is 5.77. The molecule has 3 aromatic rings. The van der Waals surface area contributed by atoms with Crippen LogP contribution in [0.25, 0.3) is 11.0 Å². The first-order valence-electron chi connectivity index (χ1n) is 10.2. The van der Waals surface area contributed by atoms with E-state index in [-0.39, 0.29) is 18.4 Å². The maximum atomic E-state index is 13.0. The van der Waals surface area contributed by atoms with Crippen molar-refractivity contribution in [2.45, 2.75) is 44.4 Å². The summed E-state index contributed by atoms with van der Waals surface area (Å²) < 4.78 is 46.9. The molecule has 0 bridgehead atoms. The summed E-state index contributed by atoms with van der Waals surface area (Å²) in [6.07, 6.45) is -1.53. The number of alkyl halides is 3. The molecule has 0 atom stereocenters. The predicted octanol–water partition coefficient (Wildman–Crippen LogP) is 5.21. The fourth-order valence-corrected chi connectivity index (χ4v) is 4.12. The van der Waals surface area contributed by atoms with Crippen molar-refractivity contribution < 1.29 is 27.8 Å². The molecule has 0 unspecified atom stereocenters. The molecule has 2 aromatic carbocycles. The zero-order valence-corrected chi connectivity index (χ0v) is 17.0. The Balaban J connectivity index is 1.50. The quantitative estimate of drug-likeness (QED) is 0.602. The summed E-state index contributed by atoms with van der Waals surface area (Å²) in [7, 11) is 1.84. The van der Waals surface area contributed by atoms with E-state index < -0.39 is 17.7 Å². The van der Waals surface area contributed by atoms with Gasteiger partial charge in [0.05, 0.1) is 28.6 Å². The van der Waals surface area contributed by atoms with E-state index in [1.54, 1.807) is 6.07 Å². The molecule has 1 N–H and O–H groups in total. The maximum Gasteiger partial charge on any atom is 0.416 e. The van der Waals surface area contributed by atoms with Crippen molar-refractivity contribution in [2.75, 3.05) is 0 Å². The van der Waals surface area contributed by atoms with E-state index in [9.17, 15) is 18.0 Å². The Morgan fingerprint density at radius 2 is 1.90 bits per heavy atom. The predicted molar refractivity (Wildman–Crippen MR) is 109 cm³/mol. The molecule has 1 fully saturated rings. The molecule has 0 saturated heterocycles. The lowest BCUT2D eigenvalue weighted by molar-refractivity contribution is -0.143. The van der Waals surface area contributed by atoms with Crippen LogP contribution >= 0.6 is 0 Å². The van der Waals surface area contributed by atoms with Gasteiger partial charge in [0.25, 0.3) is 0 Å². The Morgan fingerprint density at radius 3 is 2.58 bits per heavy atom. The zero-order valence-electron chi connectivity index (χ0n) is 17.0. The molecule has 8 heteroatoms. The number of carboxylic acid groups (broad SMARTS) is 1. The molecule has 4 rings (SSSR count). The molecule has 1 saturated carbocycles. The standard InChI is InChI=1S/C23H23F3N2O3/c1-28-20-10-9-18(31-17-7-5-15(6-8-17)22(29)30)13-19(20)27-21(28)12-14-3-2-4-16(11-14)23(24,25)26/h2-4,9-11,13,15,17H,5-8,12H2,1H3,(H,29,30). The van der Waals surface area contributed by atoms with Crippen LogP contribution in [0.1, 0.15) is 42.6 Å². The maximum absolute atomic E-state index is 13.0. The number of halogens is 3. The average Bonchev–Trinajstić information content (AvgIpc) is 3.03. The van der Waals surface area contributed by atoms with Gasteiger partial charge in [0, 0.05) is 19.5 Å². The molecular formula is C23H23F3N2O3. The third-order valence-corrected chi connectivity index (χ3v) is 5.89. The number of aromatic nitrogens is 2. The van der Waals surface area contributed by atoms with E-state index >= 15 is 0 Å². The van der Waals surface area contributed by atoms with Gasteiger partial charge in [0.15, 0.2) is 0 Å². The summed E-state index contributed by atoms with van der Waals surface area (Å²) >= 11 is 0. The molecule has 1 aliphatic carbocycles. The second kappa shape index (κ2) is 8.24. The molecule has 5 nitrogen and oxygen atoms in total. The van der Waals surface area contributed by atoms with Crippen molar-refractivity contribution in [3.05, 3.63) is 59.4 Å². The monoisotopic (exact) mass is 432 g/mol. The van der Waals surface area contributed by atoms with Crippen molar-refractivity contribution in [3.63, 3.8) is 0 Å². The number of hydrogen-bond acceptors (Lipinski definition) is 3. The van der Waals surface area contributed by atoms with E-state index in [0.29, 0.717) is 48.3 Å². The van der Waals surface area contributed by atoms with Crippen LogP contribution in [0.15, 0.2) is 42.5 Å². The van der Waals surface area contributed by atoms with Crippen LogP contribution in [0.3, 0.4) is 0 Å². The van der Waals surface area contributed by atoms with E-state index in [1.807, 2.05) is 29.8 Å². The smallest absolute Gasteiger partial charge is 0.416 e. The first-order chi connectivity index (χ1) is 14.7. The summed E-state index contributed by atoms with van der Waals surface area (Å²) in [5.41, 5.74) is 1.45. The molecule has 0 spiro atoms. The minimum Gasteiger partial charge on any atom is -0.490 e. The largest absolute Gasteiger partial charge is 0.490 e. The van der Waals surface area contributed by atoms with Gasteiger partial charge < -0.3 is 14.4 Å². The molecule has 0 aliphatic heterocycles. The van der Waals surface area contributed by atoms with Crippen LogP contribution in [0.5, 0.6) is 5.75 Å². The molecule has 1 heterocycles. The average molecular weight is 432 g/mol. The molecule has 0 amide bonds. The lowest BCUT2D eigenvalue weighted by Crippen LogP contribution is -2.27. The van der Waals surface area contributed by atoms with Gasteiger partial charge in [-0.25, -0.2) is 4.98 Å². The number of hydrogen-bond donors (Lipinski definition) is 1. The van der Waals surface area contributed by atoms with Gasteiger partial charge in [-0.3, -0.25) is 4.79 Å². The third-order valence-electron chi connectivity index (χ3n) is 5.89. The van der Waals surface area contributed by atoms with Gasteiger partial charge >= 0.3 is 12.1 Å². The number of rotatable bonds is 5. The normalized spacial score (nSPS) is 19.5. The van der Waals surface area contributed by atoms with Crippen molar-refractivity contribution in [2.24, 2.45) is 13.0 Å². The Morgan fingerprint density at radius 1 is 1.16 bits per heavy atom. The first kappa shape index (κ1) is 21.2. The molecule has 1 aliphatic rings. The van der Waals surface area contributed by atoms with Crippen LogP contribution in [0.2, 0.25) is 0 Å². The number of carboxylic acids is 1. The Bertz CT molecular complexity index is 1100. The molecule has 164 valence electrons. The Kier molecular flexibility index (Phi) is 5.64. The van der Waals surface area contributed by atoms with Crippen LogP contribution < -0.4 is 4.74 Å². The molecule has 31 heavy (non-hydrogen) atoms. The lowest BCUT2D eigenvalue weighted by Gasteiger charge is -2.26. The molecule has 1 aromatic heterocycles. The minimum atomic E-state index is -4.38. The number of carbonyl (C=O) groups is 1. The van der Waals surface area contributed by atoms with Crippen molar-refractivity contribution in [1.29, 1.82) is 0 Å². The van der Waals surface area contributed by atoms with Crippen molar-refractivity contribution >= 4 is 17.0 Å². The Labute approximate surface area is 177 Å². The van der Waals surface area contributed by atoms with Crippen molar-refractivity contribution in [3.8, 4) is 5.75 Å². The summed E-state index contributed by atoms with van der Waals surface area (Å²) in [4.78, 5) is 15.7. The highest BCUT2D eigenvalue weighted by atomic mass is 19.4. The SMILES string of the molecule is Cn1c(Cc2cccc(C(F)(F)F)c2)nc2cc(OC3CCC(C(=O)O)CC3)ccc21. The second-order valence-electron chi connectivity index (χ2n) is 8.04. The summed E-state index contributed by atoms with van der Waals surface area (Å²) in [5, 5.41) is 9.11. The topological polar surface area (TPSA) is 64.4 Å². The summed E-state index contributed by atoms with van der Waals surface area (Å²) in [5.74, 6) is 0.279. The second-order valence-corrected chi connectivity index (χ2v) is 8.04. The molecular weight excluding hydrogens is 409 g/mol. The third kappa shape index (κ3) is 4.68. The number of imidazole rings is 1. The van der Waals surface area contributed by atoms with E-state index in [2.05, 4.69) is 4.98 Å². The highest BCUT2D eigenvalue weighted by Gasteiger charge is 2.30. The van der Waals surface area contributed by atoms with E-state index in [1.165, 1.54) is 6.07 Å². The number of benzene rings is 2. The van der Waals surface area contributed by atoms with Crippen molar-refractivity contribution in [1.82, 2.24) is 9.55 Å². The van der Waals surface area contributed by atoms with Crippen LogP contribution in [-0.4, -0.2) is 26.7 Å². The zero-order chi connectivity index (χ0) is 22.2. The number of fused-ring (bicyclic) bond motifs is 1. The fourth-order valence-electron chi connectivity index (χ4n) is 4.12. The van der Waals surface area contributed by atoms with Gasteiger partial charge in [0.1, 0.15) is 11.6 Å². The fraction of sp³-hybridized carbons (Fsp3) is 0.391. The van der Waals surface area contributed by atoms with Crippen LogP contribution in [0.4, 0.5) is 13.2 Å². The number of aryl methyl sites for hydroxylation is 1. The molecule has 0 radical (unpaired) electrons. The van der Waals surface area contributed by atoms with E-state index in [0.717, 1.165) is 17.6 Å². The number of aliphatic carboxylic acids is 1. The van der Waals surface area contributed by atoms with Gasteiger partial charge in [0.2, 0.25) is 0 Å². The van der Waals surface area contributed by atoms with Gasteiger partial charge in [-0.05, 0) is 49.4 Å². The van der Waals surface area contributed by atoms with Gasteiger partial charge in [-0.2, -0.15) is 13.2 Å². The van der Waals surface area contributed by atoms with Gasteiger partial charge in [-0.15, -0.1) is 0 Å². The minimum absolute atomic E-state index is 0.0265. The number of ether oxygens (including phenoxy) is 1.